The largest absolute Gasteiger partial charge is 0.356 e. The Morgan fingerprint density at radius 1 is 1.35 bits per heavy atom. The van der Waals surface area contributed by atoms with Crippen LogP contribution in [0, 0.1) is 17.2 Å². The van der Waals surface area contributed by atoms with Crippen molar-refractivity contribution < 1.29 is 9.47 Å². The Hall–Kier alpha value is -1.35. The number of ether oxygens (including phenoxy) is 2. The third kappa shape index (κ3) is 2.73. The molecule has 0 radical (unpaired) electrons. The molecule has 0 bridgehead atoms. The van der Waals surface area contributed by atoms with Gasteiger partial charge in [-0.3, -0.25) is 0 Å². The van der Waals surface area contributed by atoms with Crippen molar-refractivity contribution in [3.63, 3.8) is 0 Å². The van der Waals surface area contributed by atoms with Crippen LogP contribution in [-0.2, 0) is 9.47 Å². The third-order valence-electron chi connectivity index (χ3n) is 3.75. The van der Waals surface area contributed by atoms with Crippen molar-refractivity contribution >= 4 is 17.4 Å². The van der Waals surface area contributed by atoms with E-state index in [-0.39, 0.29) is 12.0 Å². The summed E-state index contributed by atoms with van der Waals surface area (Å²) in [5.74, 6) is 1.16. The molecule has 2 saturated heterocycles. The summed E-state index contributed by atoms with van der Waals surface area (Å²) < 4.78 is 11.2. The molecule has 0 unspecified atom stereocenters. The fourth-order valence-electron chi connectivity index (χ4n) is 2.78. The second-order valence-corrected chi connectivity index (χ2v) is 5.48. The van der Waals surface area contributed by atoms with Gasteiger partial charge in [-0.2, -0.15) is 5.26 Å². The standard InChI is InChI=1S/C14H16ClN3O2/c15-11-3-4-13(17-12(11)8-16)18-5-1-2-10(9-18)14-19-6-7-20-14/h3-4,10,14H,1-2,5-7,9H2/t10-/m0/s1. The van der Waals surface area contributed by atoms with Crippen LogP contribution in [0.3, 0.4) is 0 Å². The Kier molecular flexibility index (Phi) is 4.06. The van der Waals surface area contributed by atoms with Crippen LogP contribution < -0.4 is 4.90 Å². The highest BCUT2D eigenvalue weighted by Gasteiger charge is 2.31. The van der Waals surface area contributed by atoms with Crippen LogP contribution in [0.5, 0.6) is 0 Å². The molecule has 2 aliphatic rings. The van der Waals surface area contributed by atoms with Crippen LogP contribution in [0.2, 0.25) is 5.02 Å². The predicted molar refractivity (Wildman–Crippen MR) is 74.6 cm³/mol. The molecular weight excluding hydrogens is 278 g/mol. The molecule has 0 aromatic carbocycles. The Morgan fingerprint density at radius 2 is 2.15 bits per heavy atom. The zero-order valence-electron chi connectivity index (χ0n) is 11.1. The van der Waals surface area contributed by atoms with Crippen LogP contribution in [0.4, 0.5) is 5.82 Å². The number of aromatic nitrogens is 1. The van der Waals surface area contributed by atoms with Gasteiger partial charge in [0.2, 0.25) is 0 Å². The van der Waals surface area contributed by atoms with Gasteiger partial charge in [0, 0.05) is 19.0 Å². The molecule has 1 atom stereocenters. The van der Waals surface area contributed by atoms with E-state index in [2.05, 4.69) is 9.88 Å². The molecule has 0 saturated carbocycles. The van der Waals surface area contributed by atoms with Crippen molar-refractivity contribution in [3.8, 4) is 6.07 Å². The van der Waals surface area contributed by atoms with Crippen LogP contribution >= 0.6 is 11.6 Å². The summed E-state index contributed by atoms with van der Waals surface area (Å²) in [7, 11) is 0. The van der Waals surface area contributed by atoms with Gasteiger partial charge in [0.05, 0.1) is 18.2 Å². The number of hydrogen-bond donors (Lipinski definition) is 0. The summed E-state index contributed by atoms with van der Waals surface area (Å²) in [6, 6.07) is 5.62. The first-order chi connectivity index (χ1) is 9.78. The number of nitriles is 1. The fourth-order valence-corrected chi connectivity index (χ4v) is 2.92. The summed E-state index contributed by atoms with van der Waals surface area (Å²) in [5, 5.41) is 9.41. The predicted octanol–water partition coefficient (Wildman–Crippen LogP) is 2.20. The summed E-state index contributed by atoms with van der Waals surface area (Å²) in [5.41, 5.74) is 0.277. The smallest absolute Gasteiger partial charge is 0.162 e. The van der Waals surface area contributed by atoms with E-state index in [0.717, 1.165) is 31.7 Å². The molecule has 2 fully saturated rings. The molecule has 6 heteroatoms. The molecule has 0 N–H and O–H groups in total. The first-order valence-electron chi connectivity index (χ1n) is 6.83. The number of piperidine rings is 1. The average molecular weight is 294 g/mol. The normalized spacial score (nSPS) is 23.8. The van der Waals surface area contributed by atoms with E-state index in [0.29, 0.717) is 24.2 Å². The molecular formula is C14H16ClN3O2. The lowest BCUT2D eigenvalue weighted by Gasteiger charge is -2.35. The van der Waals surface area contributed by atoms with E-state index in [1.54, 1.807) is 6.07 Å². The maximum atomic E-state index is 9.01. The van der Waals surface area contributed by atoms with Gasteiger partial charge in [-0.05, 0) is 25.0 Å². The summed E-state index contributed by atoms with van der Waals surface area (Å²) in [6.07, 6.45) is 2.07. The van der Waals surface area contributed by atoms with Crippen LogP contribution in [-0.4, -0.2) is 37.6 Å². The van der Waals surface area contributed by atoms with Crippen molar-refractivity contribution in [2.45, 2.75) is 19.1 Å². The highest BCUT2D eigenvalue weighted by atomic mass is 35.5. The maximum Gasteiger partial charge on any atom is 0.162 e. The van der Waals surface area contributed by atoms with Gasteiger partial charge in [0.1, 0.15) is 11.9 Å². The summed E-state index contributed by atoms with van der Waals surface area (Å²) >= 11 is 5.92. The number of halogens is 1. The van der Waals surface area contributed by atoms with Gasteiger partial charge in [-0.15, -0.1) is 0 Å². The Bertz CT molecular complexity index is 526. The van der Waals surface area contributed by atoms with Gasteiger partial charge in [-0.1, -0.05) is 11.6 Å². The molecule has 0 amide bonds. The molecule has 106 valence electrons. The summed E-state index contributed by atoms with van der Waals surface area (Å²) in [6.45, 7) is 3.13. The molecule has 20 heavy (non-hydrogen) atoms. The number of hydrogen-bond acceptors (Lipinski definition) is 5. The lowest BCUT2D eigenvalue weighted by molar-refractivity contribution is -0.0859. The number of rotatable bonds is 2. The van der Waals surface area contributed by atoms with Crippen molar-refractivity contribution in [2.24, 2.45) is 5.92 Å². The van der Waals surface area contributed by atoms with Crippen LogP contribution in [0.15, 0.2) is 12.1 Å². The fraction of sp³-hybridized carbons (Fsp3) is 0.571. The van der Waals surface area contributed by atoms with Crippen molar-refractivity contribution in [2.75, 3.05) is 31.2 Å². The zero-order chi connectivity index (χ0) is 13.9. The first-order valence-corrected chi connectivity index (χ1v) is 7.20. The number of anilines is 1. The molecule has 1 aromatic heterocycles. The van der Waals surface area contributed by atoms with Crippen molar-refractivity contribution in [1.29, 1.82) is 5.26 Å². The Labute approximate surface area is 123 Å². The minimum Gasteiger partial charge on any atom is -0.356 e. The molecule has 2 aliphatic heterocycles. The van der Waals surface area contributed by atoms with E-state index in [1.807, 2.05) is 12.1 Å². The molecule has 0 aliphatic carbocycles. The van der Waals surface area contributed by atoms with E-state index in [4.69, 9.17) is 26.3 Å². The Morgan fingerprint density at radius 3 is 2.90 bits per heavy atom. The molecule has 5 nitrogen and oxygen atoms in total. The molecule has 3 heterocycles. The average Bonchev–Trinajstić information content (AvgIpc) is 3.02. The van der Waals surface area contributed by atoms with Gasteiger partial charge < -0.3 is 14.4 Å². The van der Waals surface area contributed by atoms with E-state index >= 15 is 0 Å². The lowest BCUT2D eigenvalue weighted by atomic mass is 9.97. The minimum atomic E-state index is -0.0967. The second kappa shape index (κ2) is 5.96. The number of nitrogens with zero attached hydrogens (tertiary/aromatic N) is 3. The molecule has 3 rings (SSSR count). The zero-order valence-corrected chi connectivity index (χ0v) is 11.8. The highest BCUT2D eigenvalue weighted by Crippen LogP contribution is 2.28. The second-order valence-electron chi connectivity index (χ2n) is 5.07. The first kappa shape index (κ1) is 13.6. The summed E-state index contributed by atoms with van der Waals surface area (Å²) in [4.78, 5) is 6.50. The van der Waals surface area contributed by atoms with Crippen LogP contribution in [0.1, 0.15) is 18.5 Å². The lowest BCUT2D eigenvalue weighted by Crippen LogP contribution is -2.41. The monoisotopic (exact) mass is 293 g/mol. The van der Waals surface area contributed by atoms with Gasteiger partial charge >= 0.3 is 0 Å². The minimum absolute atomic E-state index is 0.0967. The highest BCUT2D eigenvalue weighted by molar-refractivity contribution is 6.31. The maximum absolute atomic E-state index is 9.01. The molecule has 1 aromatic rings. The van der Waals surface area contributed by atoms with Crippen molar-refractivity contribution in [3.05, 3.63) is 22.8 Å². The van der Waals surface area contributed by atoms with E-state index in [1.165, 1.54) is 0 Å². The van der Waals surface area contributed by atoms with E-state index < -0.39 is 0 Å². The molecule has 0 spiro atoms. The quantitative estimate of drug-likeness (QED) is 0.836. The van der Waals surface area contributed by atoms with Crippen molar-refractivity contribution in [1.82, 2.24) is 4.98 Å². The topological polar surface area (TPSA) is 58.4 Å². The van der Waals surface area contributed by atoms with Gasteiger partial charge in [0.25, 0.3) is 0 Å². The SMILES string of the molecule is N#Cc1nc(N2CCC[C@H](C3OCCO3)C2)ccc1Cl. The third-order valence-corrected chi connectivity index (χ3v) is 4.06. The van der Waals surface area contributed by atoms with Gasteiger partial charge in [0.15, 0.2) is 12.0 Å². The van der Waals surface area contributed by atoms with Crippen LogP contribution in [0.25, 0.3) is 0 Å². The number of pyridine rings is 1. The van der Waals surface area contributed by atoms with E-state index in [9.17, 15) is 0 Å². The van der Waals surface area contributed by atoms with Gasteiger partial charge in [-0.25, -0.2) is 4.98 Å². The Balaban J connectivity index is 1.74.